The zero-order valence-electron chi connectivity index (χ0n) is 20.7. The molecule has 0 aliphatic carbocycles. The number of nitrogens with one attached hydrogen (secondary N) is 1. The maximum Gasteiger partial charge on any atom is 0.337 e. The first-order valence-corrected chi connectivity index (χ1v) is 11.7. The topological polar surface area (TPSA) is 92.0 Å². The minimum Gasteiger partial charge on any atom is -0.494 e. The summed E-state index contributed by atoms with van der Waals surface area (Å²) in [7, 11) is 1.28. The first kappa shape index (κ1) is 24.6. The van der Waals surface area contributed by atoms with Crippen LogP contribution in [-0.4, -0.2) is 31.3 Å². The van der Waals surface area contributed by atoms with E-state index in [0.717, 1.165) is 43.6 Å². The number of rotatable bonds is 6. The highest BCUT2D eigenvalue weighted by Crippen LogP contribution is 2.35. The van der Waals surface area contributed by atoms with E-state index in [1.165, 1.54) is 7.11 Å². The predicted molar refractivity (Wildman–Crippen MR) is 134 cm³/mol. The molecule has 0 amide bonds. The number of nitrogens with zero attached hydrogens (tertiary/aromatic N) is 1. The molecule has 0 spiro atoms. The van der Waals surface area contributed by atoms with E-state index in [4.69, 9.17) is 9.15 Å². The molecule has 1 fully saturated rings. The molecule has 35 heavy (non-hydrogen) atoms. The summed E-state index contributed by atoms with van der Waals surface area (Å²) >= 11 is 0. The van der Waals surface area contributed by atoms with Gasteiger partial charge in [0, 0.05) is 30.8 Å². The molecule has 4 rings (SSSR count). The molecule has 2 heterocycles. The van der Waals surface area contributed by atoms with Crippen molar-refractivity contribution in [2.24, 2.45) is 5.41 Å². The Morgan fingerprint density at radius 2 is 1.89 bits per heavy atom. The number of anilines is 2. The van der Waals surface area contributed by atoms with Crippen molar-refractivity contribution in [1.82, 2.24) is 0 Å². The summed E-state index contributed by atoms with van der Waals surface area (Å²) < 4.78 is 25.6. The standard InChI is InChI=1S/C27H31FN2O5/c1-15-10-17(16(2)29-21-13-20(28)23(34-5)12-18(21)26(32)33)25-19(11-15)22(31)14-24(35-25)30-8-6-27(3,4)7-9-30/h10-14,16,29H,6-9H2,1-5H3,(H,32,33). The molecule has 3 aromatic rings. The van der Waals surface area contributed by atoms with Gasteiger partial charge in [-0.15, -0.1) is 0 Å². The summed E-state index contributed by atoms with van der Waals surface area (Å²) in [5.74, 6) is -1.52. The SMILES string of the molecule is COc1cc(C(=O)O)c(NC(C)c2cc(C)cc3c(=O)cc(N4CCC(C)(C)CC4)oc23)cc1F. The number of hydrogen-bond acceptors (Lipinski definition) is 6. The highest BCUT2D eigenvalue weighted by molar-refractivity contribution is 5.95. The molecule has 0 radical (unpaired) electrons. The van der Waals surface area contributed by atoms with Gasteiger partial charge in [0.25, 0.3) is 0 Å². The molecule has 2 aromatic carbocycles. The summed E-state index contributed by atoms with van der Waals surface area (Å²) in [6, 6.07) is 7.00. The second-order valence-corrected chi connectivity index (χ2v) is 10.0. The molecule has 186 valence electrons. The Morgan fingerprint density at radius 1 is 1.20 bits per heavy atom. The smallest absolute Gasteiger partial charge is 0.337 e. The highest BCUT2D eigenvalue weighted by Gasteiger charge is 2.27. The van der Waals surface area contributed by atoms with Crippen molar-refractivity contribution in [2.75, 3.05) is 30.4 Å². The Kier molecular flexibility index (Phi) is 6.49. The summed E-state index contributed by atoms with van der Waals surface area (Å²) in [6.07, 6.45) is 1.99. The van der Waals surface area contributed by atoms with E-state index in [1.54, 1.807) is 12.1 Å². The van der Waals surface area contributed by atoms with Crippen LogP contribution in [0, 0.1) is 18.2 Å². The normalized spacial score (nSPS) is 16.2. The zero-order valence-corrected chi connectivity index (χ0v) is 20.7. The highest BCUT2D eigenvalue weighted by atomic mass is 19.1. The quantitative estimate of drug-likeness (QED) is 0.462. The fraction of sp³-hybridized carbons (Fsp3) is 0.407. The van der Waals surface area contributed by atoms with E-state index >= 15 is 0 Å². The third-order valence-electron chi connectivity index (χ3n) is 6.78. The van der Waals surface area contributed by atoms with Crippen LogP contribution in [0.3, 0.4) is 0 Å². The average molecular weight is 483 g/mol. The number of aromatic carboxylic acids is 1. The van der Waals surface area contributed by atoms with Crippen LogP contribution >= 0.6 is 0 Å². The molecule has 1 aromatic heterocycles. The molecule has 8 heteroatoms. The molecular formula is C27H31FN2O5. The number of carboxylic acids is 1. The van der Waals surface area contributed by atoms with Crippen molar-refractivity contribution in [3.05, 3.63) is 63.1 Å². The van der Waals surface area contributed by atoms with Gasteiger partial charge in [0.2, 0.25) is 0 Å². The minimum atomic E-state index is -1.21. The van der Waals surface area contributed by atoms with Gasteiger partial charge < -0.3 is 24.5 Å². The van der Waals surface area contributed by atoms with Crippen molar-refractivity contribution in [2.45, 2.75) is 46.6 Å². The third-order valence-corrected chi connectivity index (χ3v) is 6.78. The molecule has 1 saturated heterocycles. The van der Waals surface area contributed by atoms with Gasteiger partial charge in [-0.25, -0.2) is 9.18 Å². The van der Waals surface area contributed by atoms with Crippen LogP contribution in [0.5, 0.6) is 5.75 Å². The van der Waals surface area contributed by atoms with Gasteiger partial charge in [-0.1, -0.05) is 19.9 Å². The number of piperidine rings is 1. The molecule has 0 bridgehead atoms. The zero-order chi connectivity index (χ0) is 25.5. The number of halogens is 1. The van der Waals surface area contributed by atoms with Crippen LogP contribution in [0.4, 0.5) is 16.0 Å². The van der Waals surface area contributed by atoms with Crippen molar-refractivity contribution in [1.29, 1.82) is 0 Å². The Labute approximate surface area is 203 Å². The van der Waals surface area contributed by atoms with E-state index < -0.39 is 17.8 Å². The summed E-state index contributed by atoms with van der Waals surface area (Å²) in [5.41, 5.74) is 2.09. The number of methoxy groups -OCH3 is 1. The first-order chi connectivity index (χ1) is 16.5. The number of hydrogen-bond donors (Lipinski definition) is 2. The number of carboxylic acid groups (broad SMARTS) is 1. The largest absolute Gasteiger partial charge is 0.494 e. The fourth-order valence-corrected chi connectivity index (χ4v) is 4.55. The van der Waals surface area contributed by atoms with Crippen molar-refractivity contribution in [3.8, 4) is 5.75 Å². The summed E-state index contributed by atoms with van der Waals surface area (Å²) in [6.45, 7) is 9.77. The Hall–Kier alpha value is -3.55. The van der Waals surface area contributed by atoms with E-state index in [9.17, 15) is 19.1 Å². The van der Waals surface area contributed by atoms with E-state index in [-0.39, 0.29) is 27.8 Å². The Morgan fingerprint density at radius 3 is 2.51 bits per heavy atom. The second-order valence-electron chi connectivity index (χ2n) is 10.0. The maximum absolute atomic E-state index is 14.4. The second kappa shape index (κ2) is 9.24. The third kappa shape index (κ3) is 4.97. The molecule has 2 N–H and O–H groups in total. The first-order valence-electron chi connectivity index (χ1n) is 11.7. The predicted octanol–water partition coefficient (Wildman–Crippen LogP) is 5.75. The van der Waals surface area contributed by atoms with Crippen LogP contribution < -0.4 is 20.4 Å². The Bertz CT molecular complexity index is 1340. The molecule has 7 nitrogen and oxygen atoms in total. The van der Waals surface area contributed by atoms with Crippen LogP contribution in [0.2, 0.25) is 0 Å². The lowest BCUT2D eigenvalue weighted by atomic mass is 9.83. The van der Waals surface area contributed by atoms with Gasteiger partial charge in [-0.05, 0) is 49.8 Å². The molecule has 1 unspecified atom stereocenters. The molecule has 1 aliphatic rings. The lowest BCUT2D eigenvalue weighted by molar-refractivity contribution is 0.0697. The van der Waals surface area contributed by atoms with Crippen molar-refractivity contribution < 1.29 is 23.4 Å². The van der Waals surface area contributed by atoms with Crippen molar-refractivity contribution >= 4 is 28.5 Å². The summed E-state index contributed by atoms with van der Waals surface area (Å²) in [5, 5.41) is 13.2. The average Bonchev–Trinajstić information content (AvgIpc) is 2.79. The monoisotopic (exact) mass is 482 g/mol. The maximum atomic E-state index is 14.4. The molecular weight excluding hydrogens is 451 g/mol. The van der Waals surface area contributed by atoms with Gasteiger partial charge in [-0.2, -0.15) is 0 Å². The number of fused-ring (bicyclic) bond motifs is 1. The van der Waals surface area contributed by atoms with E-state index in [2.05, 4.69) is 24.1 Å². The lowest BCUT2D eigenvalue weighted by Gasteiger charge is -2.37. The van der Waals surface area contributed by atoms with Crippen LogP contribution in [0.25, 0.3) is 11.0 Å². The lowest BCUT2D eigenvalue weighted by Crippen LogP contribution is -2.37. The minimum absolute atomic E-state index is 0.106. The van der Waals surface area contributed by atoms with Gasteiger partial charge >= 0.3 is 5.97 Å². The van der Waals surface area contributed by atoms with Gasteiger partial charge in [0.05, 0.1) is 29.8 Å². The molecule has 1 aliphatic heterocycles. The van der Waals surface area contributed by atoms with E-state index in [1.807, 2.05) is 19.9 Å². The van der Waals surface area contributed by atoms with Crippen LogP contribution in [-0.2, 0) is 0 Å². The summed E-state index contributed by atoms with van der Waals surface area (Å²) in [4.78, 5) is 27.0. The van der Waals surface area contributed by atoms with Crippen LogP contribution in [0.15, 0.2) is 39.5 Å². The van der Waals surface area contributed by atoms with Crippen molar-refractivity contribution in [3.63, 3.8) is 0 Å². The van der Waals surface area contributed by atoms with Gasteiger partial charge in [0.1, 0.15) is 5.58 Å². The van der Waals surface area contributed by atoms with Gasteiger partial charge in [0.15, 0.2) is 22.9 Å². The molecule has 0 saturated carbocycles. The number of aryl methyl sites for hydroxylation is 1. The van der Waals surface area contributed by atoms with Crippen LogP contribution in [0.1, 0.15) is 61.1 Å². The fourth-order valence-electron chi connectivity index (χ4n) is 4.55. The number of benzene rings is 2. The molecule has 1 atom stereocenters. The number of ether oxygens (including phenoxy) is 1. The van der Waals surface area contributed by atoms with E-state index in [0.29, 0.717) is 22.4 Å². The Balaban J connectivity index is 1.76. The van der Waals surface area contributed by atoms with Gasteiger partial charge in [-0.3, -0.25) is 4.79 Å². The number of carbonyl (C=O) groups is 1.